The Labute approximate surface area is 127 Å². The predicted molar refractivity (Wildman–Crippen MR) is 84.4 cm³/mol. The summed E-state index contributed by atoms with van der Waals surface area (Å²) in [6.07, 6.45) is 1.19. The summed E-state index contributed by atoms with van der Waals surface area (Å²) < 4.78 is 0.890. The van der Waals surface area contributed by atoms with Crippen molar-refractivity contribution in [2.75, 3.05) is 11.1 Å². The number of nitrogens with zero attached hydrogens (tertiary/aromatic N) is 2. The van der Waals surface area contributed by atoms with E-state index in [0.717, 1.165) is 16.5 Å². The normalized spacial score (nSPS) is 10.5. The zero-order valence-corrected chi connectivity index (χ0v) is 13.2. The number of aromatic nitrogens is 2. The number of hydrogen-bond acceptors (Lipinski definition) is 5. The van der Waals surface area contributed by atoms with Gasteiger partial charge in [-0.25, -0.2) is 0 Å². The summed E-state index contributed by atoms with van der Waals surface area (Å²) in [5.74, 6) is 0.936. The van der Waals surface area contributed by atoms with Crippen molar-refractivity contribution >= 4 is 34.1 Å². The monoisotopic (exact) mass is 307 g/mol. The quantitative estimate of drug-likeness (QED) is 0.655. The molecule has 2 aromatic rings. The van der Waals surface area contributed by atoms with E-state index in [4.69, 9.17) is 0 Å². The number of carbonyl (C=O) groups is 1. The molecule has 0 unspecified atom stereocenters. The van der Waals surface area contributed by atoms with E-state index in [1.807, 2.05) is 0 Å². The topological polar surface area (TPSA) is 54.9 Å². The molecule has 4 nitrogen and oxygen atoms in total. The van der Waals surface area contributed by atoms with Crippen molar-refractivity contribution in [2.45, 2.75) is 31.0 Å². The molecular weight excluding hydrogens is 290 g/mol. The van der Waals surface area contributed by atoms with E-state index in [2.05, 4.69) is 53.6 Å². The highest BCUT2D eigenvalue weighted by Crippen LogP contribution is 2.25. The van der Waals surface area contributed by atoms with E-state index in [1.54, 1.807) is 11.8 Å². The highest BCUT2D eigenvalue weighted by molar-refractivity contribution is 8.01. The Hall–Kier alpha value is -1.40. The number of hydrogen-bond donors (Lipinski definition) is 1. The molecule has 0 spiro atoms. The molecule has 0 saturated heterocycles. The summed E-state index contributed by atoms with van der Waals surface area (Å²) >= 11 is 3.05. The van der Waals surface area contributed by atoms with Crippen molar-refractivity contribution in [1.29, 1.82) is 0 Å². The van der Waals surface area contributed by atoms with Crippen LogP contribution in [0.2, 0.25) is 0 Å². The van der Waals surface area contributed by atoms with E-state index in [9.17, 15) is 4.79 Å². The summed E-state index contributed by atoms with van der Waals surface area (Å²) in [6.45, 7) is 4.11. The van der Waals surface area contributed by atoms with Gasteiger partial charge in [-0.05, 0) is 24.7 Å². The van der Waals surface area contributed by atoms with Crippen molar-refractivity contribution < 1.29 is 4.79 Å². The standard InChI is InChI=1S/C14H17N3OS2/c1-3-19-14-17-16-13(20-14)15-12(18)9-8-11-6-4-10(2)5-7-11/h4-7H,3,8-9H2,1-2H3,(H,15,16,18). The van der Waals surface area contributed by atoms with Gasteiger partial charge in [-0.3, -0.25) is 4.79 Å². The van der Waals surface area contributed by atoms with E-state index >= 15 is 0 Å². The molecule has 1 aromatic carbocycles. The molecule has 20 heavy (non-hydrogen) atoms. The van der Waals surface area contributed by atoms with Crippen LogP contribution in [0.5, 0.6) is 0 Å². The lowest BCUT2D eigenvalue weighted by molar-refractivity contribution is -0.116. The minimum Gasteiger partial charge on any atom is -0.300 e. The second-order valence-electron chi connectivity index (χ2n) is 4.34. The maximum Gasteiger partial charge on any atom is 0.226 e. The van der Waals surface area contributed by atoms with Gasteiger partial charge in [0.05, 0.1) is 0 Å². The number of thioether (sulfide) groups is 1. The number of carbonyl (C=O) groups excluding carboxylic acids is 1. The van der Waals surface area contributed by atoms with Crippen molar-refractivity contribution in [1.82, 2.24) is 10.2 Å². The van der Waals surface area contributed by atoms with Gasteiger partial charge in [0.2, 0.25) is 11.0 Å². The van der Waals surface area contributed by atoms with Gasteiger partial charge in [0, 0.05) is 6.42 Å². The van der Waals surface area contributed by atoms with Crippen LogP contribution in [0.4, 0.5) is 5.13 Å². The second-order valence-corrected chi connectivity index (χ2v) is 6.83. The van der Waals surface area contributed by atoms with Gasteiger partial charge in [-0.2, -0.15) is 0 Å². The number of anilines is 1. The molecule has 1 aromatic heterocycles. The van der Waals surface area contributed by atoms with Crippen LogP contribution in [0.15, 0.2) is 28.6 Å². The zero-order chi connectivity index (χ0) is 14.4. The molecule has 2 rings (SSSR count). The zero-order valence-electron chi connectivity index (χ0n) is 11.5. The van der Waals surface area contributed by atoms with Gasteiger partial charge in [-0.1, -0.05) is 59.9 Å². The van der Waals surface area contributed by atoms with Crippen molar-refractivity contribution in [3.63, 3.8) is 0 Å². The molecule has 0 bridgehead atoms. The van der Waals surface area contributed by atoms with Crippen LogP contribution < -0.4 is 5.32 Å². The van der Waals surface area contributed by atoms with E-state index < -0.39 is 0 Å². The maximum atomic E-state index is 11.8. The predicted octanol–water partition coefficient (Wildman–Crippen LogP) is 3.53. The first-order chi connectivity index (χ1) is 9.67. The number of aryl methyl sites for hydroxylation is 2. The van der Waals surface area contributed by atoms with Gasteiger partial charge >= 0.3 is 0 Å². The second kappa shape index (κ2) is 7.40. The SMILES string of the molecule is CCSc1nnc(NC(=O)CCc2ccc(C)cc2)s1. The van der Waals surface area contributed by atoms with Gasteiger partial charge in [0.15, 0.2) is 4.34 Å². The van der Waals surface area contributed by atoms with Crippen molar-refractivity contribution in [2.24, 2.45) is 0 Å². The lowest BCUT2D eigenvalue weighted by Gasteiger charge is -2.02. The van der Waals surface area contributed by atoms with Crippen molar-refractivity contribution in [3.05, 3.63) is 35.4 Å². The lowest BCUT2D eigenvalue weighted by atomic mass is 10.1. The fraction of sp³-hybridized carbons (Fsp3) is 0.357. The third kappa shape index (κ3) is 4.61. The van der Waals surface area contributed by atoms with Crippen LogP contribution >= 0.6 is 23.1 Å². The highest BCUT2D eigenvalue weighted by atomic mass is 32.2. The number of rotatable bonds is 6. The fourth-order valence-electron chi connectivity index (χ4n) is 1.64. The molecule has 0 aliphatic rings. The molecule has 106 valence electrons. The van der Waals surface area contributed by atoms with E-state index in [1.165, 1.54) is 22.5 Å². The van der Waals surface area contributed by atoms with Crippen LogP contribution in [0.25, 0.3) is 0 Å². The Bertz CT molecular complexity index is 566. The summed E-state index contributed by atoms with van der Waals surface area (Å²) in [4.78, 5) is 11.8. The lowest BCUT2D eigenvalue weighted by Crippen LogP contribution is -2.12. The molecule has 0 aliphatic heterocycles. The molecule has 0 aliphatic carbocycles. The van der Waals surface area contributed by atoms with Crippen molar-refractivity contribution in [3.8, 4) is 0 Å². The molecule has 1 heterocycles. The Morgan fingerprint density at radius 3 is 2.75 bits per heavy atom. The third-order valence-corrected chi connectivity index (χ3v) is 4.54. The molecule has 0 radical (unpaired) electrons. The largest absolute Gasteiger partial charge is 0.300 e. The maximum absolute atomic E-state index is 11.8. The first-order valence-corrected chi connectivity index (χ1v) is 8.29. The molecule has 6 heteroatoms. The van der Waals surface area contributed by atoms with Gasteiger partial charge in [0.25, 0.3) is 0 Å². The van der Waals surface area contributed by atoms with Crippen LogP contribution in [0.3, 0.4) is 0 Å². The average Bonchev–Trinajstić information content (AvgIpc) is 2.86. The smallest absolute Gasteiger partial charge is 0.226 e. The Morgan fingerprint density at radius 1 is 1.30 bits per heavy atom. The van der Waals surface area contributed by atoms with Crippen LogP contribution in [-0.2, 0) is 11.2 Å². The average molecular weight is 307 g/mol. The van der Waals surface area contributed by atoms with Crippen LogP contribution in [0, 0.1) is 6.92 Å². The molecule has 1 N–H and O–H groups in total. The third-order valence-electron chi connectivity index (χ3n) is 2.68. The molecule has 0 fully saturated rings. The van der Waals surface area contributed by atoms with Gasteiger partial charge in [0.1, 0.15) is 0 Å². The minimum atomic E-state index is -0.0187. The van der Waals surface area contributed by atoms with E-state index in [-0.39, 0.29) is 5.91 Å². The Kier molecular flexibility index (Phi) is 5.55. The fourth-order valence-corrected chi connectivity index (χ4v) is 3.30. The number of benzene rings is 1. The van der Waals surface area contributed by atoms with Crippen LogP contribution in [-0.4, -0.2) is 21.9 Å². The summed E-state index contributed by atoms with van der Waals surface area (Å²) in [6, 6.07) is 8.24. The van der Waals surface area contributed by atoms with Gasteiger partial charge < -0.3 is 5.32 Å². The molecule has 0 saturated carbocycles. The first kappa shape index (κ1) is 15.0. The first-order valence-electron chi connectivity index (χ1n) is 6.49. The van der Waals surface area contributed by atoms with Gasteiger partial charge in [-0.15, -0.1) is 10.2 Å². The molecule has 0 atom stereocenters. The Morgan fingerprint density at radius 2 is 2.05 bits per heavy atom. The number of nitrogens with one attached hydrogen (secondary N) is 1. The minimum absolute atomic E-state index is 0.0187. The van der Waals surface area contributed by atoms with Crippen LogP contribution in [0.1, 0.15) is 24.5 Å². The molecular formula is C14H17N3OS2. The Balaban J connectivity index is 1.81. The highest BCUT2D eigenvalue weighted by Gasteiger charge is 2.08. The summed E-state index contributed by atoms with van der Waals surface area (Å²) in [7, 11) is 0. The number of amides is 1. The van der Waals surface area contributed by atoms with E-state index in [0.29, 0.717) is 11.6 Å². The summed E-state index contributed by atoms with van der Waals surface area (Å²) in [5.41, 5.74) is 2.40. The molecule has 1 amide bonds. The summed E-state index contributed by atoms with van der Waals surface area (Å²) in [5, 5.41) is 11.3.